The Balaban J connectivity index is 2.58. The first-order chi connectivity index (χ1) is 11.1. The van der Waals surface area contributed by atoms with Gasteiger partial charge in [0.25, 0.3) is 0 Å². The highest BCUT2D eigenvalue weighted by atomic mass is 35.5. The standard InChI is InChI=1S/C13H9Cl2F5O4/c14-6(15)4-24-8(22)2-1-7(21)23-3-5-9(16)11(18)13(20)12(19)10(5)17/h6H,1-4H2. The summed E-state index contributed by atoms with van der Waals surface area (Å²) in [6.45, 7) is -1.49. The Morgan fingerprint density at radius 1 is 0.792 bits per heavy atom. The summed E-state index contributed by atoms with van der Waals surface area (Å²) in [7, 11) is 0. The van der Waals surface area contributed by atoms with E-state index in [9.17, 15) is 31.5 Å². The number of esters is 2. The first-order valence-corrected chi connectivity index (χ1v) is 7.12. The normalized spacial score (nSPS) is 10.8. The molecule has 134 valence electrons. The molecule has 0 aromatic heterocycles. The van der Waals surface area contributed by atoms with Crippen molar-refractivity contribution in [3.8, 4) is 0 Å². The minimum Gasteiger partial charge on any atom is -0.463 e. The molecule has 1 aromatic carbocycles. The second-order valence-electron chi connectivity index (χ2n) is 4.28. The number of alkyl halides is 2. The van der Waals surface area contributed by atoms with Crippen LogP contribution in [-0.2, 0) is 25.7 Å². The molecular weight excluding hydrogens is 386 g/mol. The fourth-order valence-electron chi connectivity index (χ4n) is 1.43. The first-order valence-electron chi connectivity index (χ1n) is 6.24. The van der Waals surface area contributed by atoms with Gasteiger partial charge in [-0.1, -0.05) is 0 Å². The second-order valence-corrected chi connectivity index (χ2v) is 5.56. The van der Waals surface area contributed by atoms with Crippen molar-refractivity contribution in [2.45, 2.75) is 24.3 Å². The minimum absolute atomic E-state index is 0.304. The molecule has 0 bridgehead atoms. The summed E-state index contributed by atoms with van der Waals surface area (Å²) in [6.07, 6.45) is -0.986. The molecule has 0 aliphatic heterocycles. The molecule has 0 spiro atoms. The van der Waals surface area contributed by atoms with Crippen molar-refractivity contribution in [3.05, 3.63) is 34.6 Å². The molecule has 24 heavy (non-hydrogen) atoms. The van der Waals surface area contributed by atoms with Crippen LogP contribution in [0.1, 0.15) is 18.4 Å². The van der Waals surface area contributed by atoms with E-state index in [1.807, 2.05) is 0 Å². The Kier molecular flexibility index (Phi) is 7.68. The van der Waals surface area contributed by atoms with Crippen molar-refractivity contribution in [3.63, 3.8) is 0 Å². The van der Waals surface area contributed by atoms with Gasteiger partial charge in [-0.2, -0.15) is 0 Å². The van der Waals surface area contributed by atoms with Gasteiger partial charge in [-0.15, -0.1) is 23.2 Å². The first kappa shape index (κ1) is 20.4. The number of ether oxygens (including phenoxy) is 2. The molecule has 0 N–H and O–H groups in total. The van der Waals surface area contributed by atoms with Gasteiger partial charge in [0.05, 0.1) is 18.4 Å². The van der Waals surface area contributed by atoms with E-state index in [1.54, 1.807) is 0 Å². The maximum absolute atomic E-state index is 13.3. The summed E-state index contributed by atoms with van der Waals surface area (Å²) in [5.41, 5.74) is -1.30. The average Bonchev–Trinajstić information content (AvgIpc) is 2.54. The molecule has 1 aromatic rings. The van der Waals surface area contributed by atoms with Crippen LogP contribution >= 0.6 is 23.2 Å². The zero-order valence-electron chi connectivity index (χ0n) is 11.7. The summed E-state index contributed by atoms with van der Waals surface area (Å²) in [4.78, 5) is 21.5. The molecule has 0 amide bonds. The zero-order valence-corrected chi connectivity index (χ0v) is 13.2. The van der Waals surface area contributed by atoms with E-state index in [1.165, 1.54) is 0 Å². The quantitative estimate of drug-likeness (QED) is 0.233. The van der Waals surface area contributed by atoms with Gasteiger partial charge in [0.1, 0.15) is 18.1 Å². The summed E-state index contributed by atoms with van der Waals surface area (Å²) >= 11 is 10.6. The van der Waals surface area contributed by atoms with Gasteiger partial charge in [0.15, 0.2) is 23.3 Å². The van der Waals surface area contributed by atoms with Crippen LogP contribution in [0, 0.1) is 29.1 Å². The molecule has 1 rings (SSSR count). The molecule has 4 nitrogen and oxygen atoms in total. The molecule has 0 saturated heterocycles. The maximum atomic E-state index is 13.3. The molecule has 0 aliphatic rings. The van der Waals surface area contributed by atoms with Crippen LogP contribution in [0.4, 0.5) is 22.0 Å². The average molecular weight is 395 g/mol. The Hall–Kier alpha value is -1.61. The van der Waals surface area contributed by atoms with Crippen molar-refractivity contribution in [1.82, 2.24) is 0 Å². The monoisotopic (exact) mass is 394 g/mol. The summed E-state index contributed by atoms with van der Waals surface area (Å²) in [5.74, 6) is -12.8. The highest BCUT2D eigenvalue weighted by molar-refractivity contribution is 6.44. The largest absolute Gasteiger partial charge is 0.463 e. The van der Waals surface area contributed by atoms with Gasteiger partial charge < -0.3 is 9.47 Å². The topological polar surface area (TPSA) is 52.6 Å². The number of hydrogen-bond acceptors (Lipinski definition) is 4. The van der Waals surface area contributed by atoms with Crippen LogP contribution in [0.3, 0.4) is 0 Å². The number of benzene rings is 1. The van der Waals surface area contributed by atoms with Crippen molar-refractivity contribution in [2.24, 2.45) is 0 Å². The lowest BCUT2D eigenvalue weighted by Gasteiger charge is -2.09. The third-order valence-electron chi connectivity index (χ3n) is 2.58. The summed E-state index contributed by atoms with van der Waals surface area (Å²) in [5, 5.41) is 0. The summed E-state index contributed by atoms with van der Waals surface area (Å²) in [6, 6.07) is 0. The van der Waals surface area contributed by atoms with Crippen molar-refractivity contribution >= 4 is 35.1 Å². The van der Waals surface area contributed by atoms with Crippen LogP contribution in [0.2, 0.25) is 0 Å². The van der Waals surface area contributed by atoms with Crippen molar-refractivity contribution in [1.29, 1.82) is 0 Å². The van der Waals surface area contributed by atoms with E-state index < -0.39 is 70.9 Å². The number of hydrogen-bond donors (Lipinski definition) is 0. The fourth-order valence-corrected chi connectivity index (χ4v) is 1.56. The molecule has 0 unspecified atom stereocenters. The van der Waals surface area contributed by atoms with Gasteiger partial charge in [-0.25, -0.2) is 22.0 Å². The predicted molar refractivity (Wildman–Crippen MR) is 71.7 cm³/mol. The Morgan fingerprint density at radius 2 is 1.21 bits per heavy atom. The molecule has 0 radical (unpaired) electrons. The molecule has 0 aliphatic carbocycles. The molecular formula is C13H9Cl2F5O4. The lowest BCUT2D eigenvalue weighted by molar-refractivity contribution is -0.151. The van der Waals surface area contributed by atoms with Crippen LogP contribution in [0.25, 0.3) is 0 Å². The Morgan fingerprint density at radius 3 is 1.67 bits per heavy atom. The molecule has 11 heteroatoms. The van der Waals surface area contributed by atoms with E-state index >= 15 is 0 Å². The smallest absolute Gasteiger partial charge is 0.306 e. The summed E-state index contributed by atoms with van der Waals surface area (Å²) < 4.78 is 74.3. The number of carbonyl (C=O) groups is 2. The van der Waals surface area contributed by atoms with Crippen LogP contribution in [0.5, 0.6) is 0 Å². The van der Waals surface area contributed by atoms with E-state index in [0.29, 0.717) is 0 Å². The number of halogens is 7. The second kappa shape index (κ2) is 9.03. The van der Waals surface area contributed by atoms with E-state index in [0.717, 1.165) is 0 Å². The SMILES string of the molecule is O=C(CCC(=O)OCC(Cl)Cl)OCc1c(F)c(F)c(F)c(F)c1F. The van der Waals surface area contributed by atoms with Gasteiger partial charge in [0.2, 0.25) is 5.82 Å². The van der Waals surface area contributed by atoms with Crippen molar-refractivity contribution < 1.29 is 41.0 Å². The van der Waals surface area contributed by atoms with Crippen LogP contribution in [-0.4, -0.2) is 23.4 Å². The fraction of sp³-hybridized carbons (Fsp3) is 0.385. The zero-order chi connectivity index (χ0) is 18.4. The van der Waals surface area contributed by atoms with Crippen LogP contribution in [0.15, 0.2) is 0 Å². The van der Waals surface area contributed by atoms with E-state index in [-0.39, 0.29) is 6.61 Å². The minimum atomic E-state index is -2.32. The number of carbonyl (C=O) groups excluding carboxylic acids is 2. The Labute approximate surface area is 142 Å². The molecule has 0 atom stereocenters. The van der Waals surface area contributed by atoms with Gasteiger partial charge in [0, 0.05) is 0 Å². The van der Waals surface area contributed by atoms with Gasteiger partial charge in [-0.3, -0.25) is 9.59 Å². The van der Waals surface area contributed by atoms with Gasteiger partial charge in [-0.05, 0) is 0 Å². The lowest BCUT2D eigenvalue weighted by Crippen LogP contribution is -2.14. The Bertz CT molecular complexity index is 610. The highest BCUT2D eigenvalue weighted by Crippen LogP contribution is 2.23. The third kappa shape index (κ3) is 5.48. The highest BCUT2D eigenvalue weighted by Gasteiger charge is 2.26. The lowest BCUT2D eigenvalue weighted by atomic mass is 10.2. The van der Waals surface area contributed by atoms with Crippen molar-refractivity contribution in [2.75, 3.05) is 6.61 Å². The molecule has 0 heterocycles. The van der Waals surface area contributed by atoms with E-state index in [4.69, 9.17) is 23.2 Å². The maximum Gasteiger partial charge on any atom is 0.306 e. The van der Waals surface area contributed by atoms with E-state index in [2.05, 4.69) is 9.47 Å². The van der Waals surface area contributed by atoms with Crippen LogP contribution < -0.4 is 0 Å². The third-order valence-corrected chi connectivity index (χ3v) is 2.83. The predicted octanol–water partition coefficient (Wildman–Crippen LogP) is 3.55. The van der Waals surface area contributed by atoms with Gasteiger partial charge >= 0.3 is 11.9 Å². The number of rotatable bonds is 7. The molecule has 0 saturated carbocycles. The molecule has 0 fully saturated rings.